The van der Waals surface area contributed by atoms with Crippen LogP contribution in [0.1, 0.15) is 198 Å². The van der Waals surface area contributed by atoms with Crippen LogP contribution in [0.5, 0.6) is 0 Å². The maximum absolute atomic E-state index is 13.7. The first-order chi connectivity index (χ1) is 30.3. The van der Waals surface area contributed by atoms with Crippen molar-refractivity contribution in [2.75, 3.05) is 13.1 Å². The van der Waals surface area contributed by atoms with Crippen molar-refractivity contribution in [1.29, 1.82) is 0 Å². The fraction of sp³-hybridized carbons (Fsp3) is 0.712. The van der Waals surface area contributed by atoms with E-state index in [0.29, 0.717) is 61.7 Å². The zero-order valence-electron chi connectivity index (χ0n) is 38.5. The van der Waals surface area contributed by atoms with Crippen LogP contribution in [0, 0.1) is 11.8 Å². The molecule has 4 aliphatic rings. The molecule has 4 saturated carbocycles. The molecule has 0 radical (unpaired) electrons. The van der Waals surface area contributed by atoms with Crippen molar-refractivity contribution in [3.05, 3.63) is 52.3 Å². The van der Waals surface area contributed by atoms with Crippen molar-refractivity contribution in [1.82, 2.24) is 33.9 Å². The number of pyridine rings is 1. The van der Waals surface area contributed by atoms with E-state index in [2.05, 4.69) is 86.1 Å². The van der Waals surface area contributed by atoms with Crippen LogP contribution in [0.4, 0.5) is 0 Å². The van der Waals surface area contributed by atoms with Crippen molar-refractivity contribution in [3.8, 4) is 0 Å². The van der Waals surface area contributed by atoms with Crippen molar-refractivity contribution < 1.29 is 9.59 Å². The number of aryl methyl sites for hydroxylation is 3. The third kappa shape index (κ3) is 10.6. The minimum absolute atomic E-state index is 0.296. The van der Waals surface area contributed by atoms with Crippen LogP contribution in [0.15, 0.2) is 34.9 Å². The third-order valence-electron chi connectivity index (χ3n) is 16.0. The molecule has 0 spiro atoms. The number of hydrogen-bond acceptors (Lipinski definition) is 5. The molecule has 338 valence electrons. The lowest BCUT2D eigenvalue weighted by Crippen LogP contribution is -2.41. The fourth-order valence-electron chi connectivity index (χ4n) is 12.3. The van der Waals surface area contributed by atoms with Gasteiger partial charge in [-0.15, -0.1) is 0 Å². The summed E-state index contributed by atoms with van der Waals surface area (Å²) in [7, 11) is 0. The molecule has 0 atom stereocenters. The van der Waals surface area contributed by atoms with Crippen LogP contribution in [0.3, 0.4) is 0 Å². The van der Waals surface area contributed by atoms with Gasteiger partial charge in [0.2, 0.25) is 11.8 Å². The van der Waals surface area contributed by atoms with E-state index in [-0.39, 0.29) is 0 Å². The number of nitrogens with zero attached hydrogens (tertiary/aromatic N) is 7. The summed E-state index contributed by atoms with van der Waals surface area (Å²) in [6, 6.07) is 9.50. The van der Waals surface area contributed by atoms with Gasteiger partial charge in [0, 0.05) is 73.1 Å². The Bertz CT molecular complexity index is 2080. The van der Waals surface area contributed by atoms with E-state index in [1.54, 1.807) is 0 Å². The lowest BCUT2D eigenvalue weighted by atomic mass is 9.79. The van der Waals surface area contributed by atoms with E-state index >= 15 is 0 Å². The highest BCUT2D eigenvalue weighted by Gasteiger charge is 2.31. The van der Waals surface area contributed by atoms with Gasteiger partial charge in [-0.3, -0.25) is 14.6 Å². The number of fused-ring (bicyclic) bond motifs is 2. The molecule has 4 fully saturated rings. The van der Waals surface area contributed by atoms with Crippen molar-refractivity contribution in [2.24, 2.45) is 11.8 Å². The molecule has 0 aliphatic heterocycles. The van der Waals surface area contributed by atoms with Gasteiger partial charge in [0.25, 0.3) is 0 Å². The molecule has 62 heavy (non-hydrogen) atoms. The SMILES string of the molecule is CCC1CCC(c2nc3cc(CCCC4CCC(c5nc6cc(Br)ccc6n5CCC(=O)N(CC)C5CCCCC5)CC4)ncc3n2CCC(=O)N(CC)C2CCCCC2)CC1. The lowest BCUT2D eigenvalue weighted by molar-refractivity contribution is -0.135. The average Bonchev–Trinajstić information content (AvgIpc) is 3.86. The quantitative estimate of drug-likeness (QED) is 0.105. The average molecular weight is 911 g/mol. The molecule has 10 heteroatoms. The van der Waals surface area contributed by atoms with Gasteiger partial charge >= 0.3 is 0 Å². The van der Waals surface area contributed by atoms with E-state index < -0.39 is 0 Å². The third-order valence-corrected chi connectivity index (χ3v) is 16.5. The monoisotopic (exact) mass is 910 g/mol. The normalized spacial score (nSPS) is 23.0. The first-order valence-corrected chi connectivity index (χ1v) is 26.2. The summed E-state index contributed by atoms with van der Waals surface area (Å²) in [5, 5.41) is 0. The Kier molecular flexibility index (Phi) is 15.8. The summed E-state index contributed by atoms with van der Waals surface area (Å²) >= 11 is 3.68. The Labute approximate surface area is 380 Å². The number of amides is 2. The number of rotatable bonds is 17. The standard InChI is InChI=1S/C52H76BrN7O2/c1-4-37-20-24-39(25-21-37)52-56-46-35-42(54-36-48(46)60(52)33-31-50(62)58(6-3)44-18-11-8-12-19-44)15-13-14-38-22-26-40(27-23-38)51-55-45-34-41(53)28-29-47(45)59(51)32-30-49(61)57(5-2)43-16-9-7-10-17-43/h28-29,34-40,43-44H,4-27,30-33H2,1-3H3. The van der Waals surface area contributed by atoms with Gasteiger partial charge in [-0.2, -0.15) is 0 Å². The van der Waals surface area contributed by atoms with E-state index in [1.165, 1.54) is 102 Å². The van der Waals surface area contributed by atoms with Crippen LogP contribution in [0.25, 0.3) is 22.1 Å². The molecule has 0 unspecified atom stereocenters. The summed E-state index contributed by atoms with van der Waals surface area (Å²) in [5.74, 6) is 5.39. The minimum Gasteiger partial charge on any atom is -0.340 e. The second-order valence-corrected chi connectivity index (χ2v) is 20.6. The number of carbonyl (C=O) groups is 2. The van der Waals surface area contributed by atoms with Crippen LogP contribution in [-0.2, 0) is 29.1 Å². The van der Waals surface area contributed by atoms with Gasteiger partial charge in [0.1, 0.15) is 11.6 Å². The molecule has 2 amide bonds. The van der Waals surface area contributed by atoms with Crippen LogP contribution in [0.2, 0.25) is 0 Å². The topological polar surface area (TPSA) is 89.1 Å². The first kappa shape index (κ1) is 45.3. The van der Waals surface area contributed by atoms with Gasteiger partial charge < -0.3 is 18.9 Å². The Morgan fingerprint density at radius 2 is 1.16 bits per heavy atom. The Hall–Kier alpha value is -3.27. The van der Waals surface area contributed by atoms with Gasteiger partial charge in [0.05, 0.1) is 28.3 Å². The summed E-state index contributed by atoms with van der Waals surface area (Å²) < 4.78 is 5.82. The fourth-order valence-corrected chi connectivity index (χ4v) is 12.7. The Morgan fingerprint density at radius 1 is 0.645 bits per heavy atom. The van der Waals surface area contributed by atoms with E-state index in [9.17, 15) is 9.59 Å². The van der Waals surface area contributed by atoms with Crippen LogP contribution >= 0.6 is 15.9 Å². The summed E-state index contributed by atoms with van der Waals surface area (Å²) in [5.41, 5.74) is 5.48. The Balaban J connectivity index is 0.886. The molecule has 0 N–H and O–H groups in total. The zero-order valence-corrected chi connectivity index (χ0v) is 40.1. The molecule has 9 nitrogen and oxygen atoms in total. The number of benzene rings is 1. The molecule has 4 aliphatic carbocycles. The smallest absolute Gasteiger partial charge is 0.224 e. The van der Waals surface area contributed by atoms with Crippen LogP contribution in [-0.4, -0.2) is 70.9 Å². The summed E-state index contributed by atoms with van der Waals surface area (Å²) in [6.07, 6.45) is 29.6. The van der Waals surface area contributed by atoms with Crippen molar-refractivity contribution >= 4 is 49.8 Å². The number of hydrogen-bond donors (Lipinski definition) is 0. The second-order valence-electron chi connectivity index (χ2n) is 19.7. The molecular formula is C52H76BrN7O2. The molecule has 0 saturated heterocycles. The number of imidazole rings is 2. The number of halogens is 1. The highest BCUT2D eigenvalue weighted by molar-refractivity contribution is 9.10. The molecular weight excluding hydrogens is 835 g/mol. The highest BCUT2D eigenvalue weighted by atomic mass is 79.9. The van der Waals surface area contributed by atoms with E-state index in [0.717, 1.165) is 109 Å². The lowest BCUT2D eigenvalue weighted by Gasteiger charge is -2.34. The molecule has 3 aromatic heterocycles. The number of carbonyl (C=O) groups excluding carboxylic acids is 2. The maximum Gasteiger partial charge on any atom is 0.224 e. The van der Waals surface area contributed by atoms with Crippen molar-refractivity contribution in [2.45, 2.75) is 212 Å². The Morgan fingerprint density at radius 3 is 1.69 bits per heavy atom. The number of aromatic nitrogens is 5. The maximum atomic E-state index is 13.7. The zero-order chi connectivity index (χ0) is 43.0. The van der Waals surface area contributed by atoms with Gasteiger partial charge in [-0.1, -0.05) is 74.2 Å². The van der Waals surface area contributed by atoms with Gasteiger partial charge in [-0.25, -0.2) is 9.97 Å². The van der Waals surface area contributed by atoms with Gasteiger partial charge in [-0.05, 0) is 140 Å². The van der Waals surface area contributed by atoms with Crippen molar-refractivity contribution in [3.63, 3.8) is 0 Å². The van der Waals surface area contributed by atoms with E-state index in [4.69, 9.17) is 15.0 Å². The molecule has 0 bridgehead atoms. The largest absolute Gasteiger partial charge is 0.340 e. The summed E-state index contributed by atoms with van der Waals surface area (Å²) in [6.45, 7) is 9.61. The molecule has 1 aromatic carbocycles. The predicted octanol–water partition coefficient (Wildman–Crippen LogP) is 12.7. The van der Waals surface area contributed by atoms with Crippen LogP contribution < -0.4 is 0 Å². The minimum atomic E-state index is 0.296. The predicted molar refractivity (Wildman–Crippen MR) is 255 cm³/mol. The second kappa shape index (κ2) is 21.6. The molecule has 8 rings (SSSR count). The summed E-state index contributed by atoms with van der Waals surface area (Å²) in [4.78, 5) is 47.4. The first-order valence-electron chi connectivity index (χ1n) is 25.4. The highest BCUT2D eigenvalue weighted by Crippen LogP contribution is 2.40. The van der Waals surface area contributed by atoms with Gasteiger partial charge in [0.15, 0.2) is 0 Å². The molecule has 4 aromatic rings. The van der Waals surface area contributed by atoms with E-state index in [1.807, 2.05) is 0 Å². The molecule has 3 heterocycles.